The number of benzene rings is 11. The molecular formula is C50H28O. The first-order valence-electron chi connectivity index (χ1n) is 17.7. The predicted octanol–water partition coefficient (Wildman–Crippen LogP) is 14.4. The van der Waals surface area contributed by atoms with Gasteiger partial charge in [0.15, 0.2) is 0 Å². The lowest BCUT2D eigenvalue weighted by molar-refractivity contribution is 0.670. The van der Waals surface area contributed by atoms with Crippen molar-refractivity contribution in [3.63, 3.8) is 0 Å². The van der Waals surface area contributed by atoms with Crippen LogP contribution in [0, 0.1) is 0 Å². The van der Waals surface area contributed by atoms with E-state index in [9.17, 15) is 0 Å². The predicted molar refractivity (Wildman–Crippen MR) is 218 cm³/mol. The first-order chi connectivity index (χ1) is 25.3. The fourth-order valence-corrected chi connectivity index (χ4v) is 9.00. The zero-order valence-corrected chi connectivity index (χ0v) is 27.6. The molecule has 0 spiro atoms. The van der Waals surface area contributed by atoms with Crippen LogP contribution in [0.3, 0.4) is 0 Å². The summed E-state index contributed by atoms with van der Waals surface area (Å²) in [6.07, 6.45) is 0. The van der Waals surface area contributed by atoms with E-state index < -0.39 is 0 Å². The van der Waals surface area contributed by atoms with Gasteiger partial charge in [-0.25, -0.2) is 0 Å². The largest absolute Gasteiger partial charge is 0.455 e. The standard InChI is InChI=1S/C50H28O/c1-3-10-38-29(6-1)12-13-33-16-17-36-26-35(20-22-40(36)47(33)38)37-27-43(50-44(28-37)49-39-11-4-2-7-30(39)21-25-45(49)51-50)41-23-18-34-15-14-31-8-5-9-32-19-24-42(41)48(34)46(31)32/h1-28H. The molecule has 1 aromatic heterocycles. The molecule has 12 aromatic rings. The van der Waals surface area contributed by atoms with Gasteiger partial charge in [0.1, 0.15) is 11.2 Å². The van der Waals surface area contributed by atoms with Crippen LogP contribution in [0.2, 0.25) is 0 Å². The molecule has 0 bridgehead atoms. The fourth-order valence-electron chi connectivity index (χ4n) is 9.00. The van der Waals surface area contributed by atoms with E-state index in [1.807, 2.05) is 0 Å². The maximum absolute atomic E-state index is 6.89. The van der Waals surface area contributed by atoms with Crippen LogP contribution in [0.15, 0.2) is 174 Å². The van der Waals surface area contributed by atoms with Crippen molar-refractivity contribution in [2.24, 2.45) is 0 Å². The minimum Gasteiger partial charge on any atom is -0.455 e. The van der Waals surface area contributed by atoms with Crippen LogP contribution in [0.1, 0.15) is 0 Å². The van der Waals surface area contributed by atoms with Crippen LogP contribution in [0.25, 0.3) is 120 Å². The van der Waals surface area contributed by atoms with E-state index in [-0.39, 0.29) is 0 Å². The molecule has 1 heteroatoms. The van der Waals surface area contributed by atoms with Gasteiger partial charge in [0.05, 0.1) is 0 Å². The van der Waals surface area contributed by atoms with Crippen molar-refractivity contribution in [2.45, 2.75) is 0 Å². The number of hydrogen-bond acceptors (Lipinski definition) is 1. The normalized spacial score (nSPS) is 12.3. The van der Waals surface area contributed by atoms with E-state index in [0.29, 0.717) is 0 Å². The Balaban J connectivity index is 1.18. The lowest BCUT2D eigenvalue weighted by atomic mass is 9.88. The third-order valence-electron chi connectivity index (χ3n) is 11.3. The summed E-state index contributed by atoms with van der Waals surface area (Å²) in [4.78, 5) is 0. The second-order valence-electron chi connectivity index (χ2n) is 14.0. The van der Waals surface area contributed by atoms with Gasteiger partial charge in [-0.05, 0) is 116 Å². The highest BCUT2D eigenvalue weighted by atomic mass is 16.3. The van der Waals surface area contributed by atoms with Gasteiger partial charge in [-0.1, -0.05) is 146 Å². The molecular weight excluding hydrogens is 617 g/mol. The van der Waals surface area contributed by atoms with Gasteiger partial charge >= 0.3 is 0 Å². The summed E-state index contributed by atoms with van der Waals surface area (Å²) >= 11 is 0. The third kappa shape index (κ3) is 3.75. The first-order valence-corrected chi connectivity index (χ1v) is 17.7. The summed E-state index contributed by atoms with van der Waals surface area (Å²) in [5, 5.41) is 20.1. The summed E-state index contributed by atoms with van der Waals surface area (Å²) in [6, 6.07) is 62.7. The van der Waals surface area contributed by atoms with E-state index in [1.165, 1.54) is 97.5 Å². The Morgan fingerprint density at radius 3 is 1.65 bits per heavy atom. The molecule has 234 valence electrons. The Kier molecular flexibility index (Phi) is 5.29. The monoisotopic (exact) mass is 644 g/mol. The number of rotatable bonds is 2. The molecule has 1 nitrogen and oxygen atoms in total. The van der Waals surface area contributed by atoms with Crippen molar-refractivity contribution < 1.29 is 4.42 Å². The summed E-state index contributed by atoms with van der Waals surface area (Å²) in [7, 11) is 0. The lowest BCUT2D eigenvalue weighted by Gasteiger charge is -2.15. The van der Waals surface area contributed by atoms with E-state index >= 15 is 0 Å². The average molecular weight is 645 g/mol. The Bertz CT molecular complexity index is 3400. The zero-order valence-electron chi connectivity index (χ0n) is 27.6. The molecule has 0 fully saturated rings. The van der Waals surface area contributed by atoms with E-state index in [1.54, 1.807) is 0 Å². The van der Waals surface area contributed by atoms with Gasteiger partial charge in [0, 0.05) is 16.3 Å². The van der Waals surface area contributed by atoms with Gasteiger partial charge in [0.2, 0.25) is 0 Å². The summed E-state index contributed by atoms with van der Waals surface area (Å²) < 4.78 is 6.89. The molecule has 0 atom stereocenters. The number of fused-ring (bicyclic) bond motifs is 10. The number of furan rings is 1. The minimum atomic E-state index is 0.914. The quantitative estimate of drug-likeness (QED) is 0.171. The highest BCUT2D eigenvalue weighted by Gasteiger charge is 2.20. The highest BCUT2D eigenvalue weighted by Crippen LogP contribution is 2.46. The summed E-state index contributed by atoms with van der Waals surface area (Å²) in [5.41, 5.74) is 6.52. The van der Waals surface area contributed by atoms with Gasteiger partial charge in [0.25, 0.3) is 0 Å². The first kappa shape index (κ1) is 27.2. The van der Waals surface area contributed by atoms with Gasteiger partial charge < -0.3 is 4.42 Å². The molecule has 0 aliphatic heterocycles. The van der Waals surface area contributed by atoms with Crippen LogP contribution in [0.4, 0.5) is 0 Å². The molecule has 0 unspecified atom stereocenters. The van der Waals surface area contributed by atoms with Crippen LogP contribution in [-0.2, 0) is 0 Å². The number of hydrogen-bond donors (Lipinski definition) is 0. The molecule has 12 rings (SSSR count). The van der Waals surface area contributed by atoms with Crippen molar-refractivity contribution in [3.8, 4) is 22.3 Å². The Morgan fingerprint density at radius 1 is 0.275 bits per heavy atom. The third-order valence-corrected chi connectivity index (χ3v) is 11.3. The molecule has 0 N–H and O–H groups in total. The van der Waals surface area contributed by atoms with Gasteiger partial charge in [-0.15, -0.1) is 0 Å². The molecule has 0 saturated carbocycles. The minimum absolute atomic E-state index is 0.914. The van der Waals surface area contributed by atoms with Crippen molar-refractivity contribution in [1.29, 1.82) is 0 Å². The van der Waals surface area contributed by atoms with Gasteiger partial charge in [-0.3, -0.25) is 0 Å². The van der Waals surface area contributed by atoms with Crippen LogP contribution < -0.4 is 0 Å². The van der Waals surface area contributed by atoms with Crippen molar-refractivity contribution in [2.75, 3.05) is 0 Å². The Morgan fingerprint density at radius 2 is 0.843 bits per heavy atom. The van der Waals surface area contributed by atoms with E-state index in [4.69, 9.17) is 4.42 Å². The lowest BCUT2D eigenvalue weighted by Crippen LogP contribution is -1.89. The molecule has 0 aliphatic carbocycles. The van der Waals surface area contributed by atoms with Crippen molar-refractivity contribution in [3.05, 3.63) is 170 Å². The van der Waals surface area contributed by atoms with Crippen LogP contribution in [0.5, 0.6) is 0 Å². The van der Waals surface area contributed by atoms with Crippen molar-refractivity contribution >= 4 is 97.3 Å². The van der Waals surface area contributed by atoms with E-state index in [2.05, 4.69) is 170 Å². The zero-order chi connectivity index (χ0) is 33.2. The molecule has 51 heavy (non-hydrogen) atoms. The maximum Gasteiger partial charge on any atom is 0.143 e. The fraction of sp³-hybridized carbons (Fsp3) is 0. The molecule has 0 amide bonds. The molecule has 11 aromatic carbocycles. The second kappa shape index (κ2) is 9.94. The van der Waals surface area contributed by atoms with Crippen LogP contribution >= 0.6 is 0 Å². The molecule has 0 radical (unpaired) electrons. The second-order valence-corrected chi connectivity index (χ2v) is 14.0. The summed E-state index contributed by atoms with van der Waals surface area (Å²) in [5.74, 6) is 0. The van der Waals surface area contributed by atoms with Crippen molar-refractivity contribution in [1.82, 2.24) is 0 Å². The molecule has 0 saturated heterocycles. The Labute approximate surface area is 292 Å². The molecule has 0 aliphatic rings. The maximum atomic E-state index is 6.89. The Hall–Kier alpha value is -6.70. The van der Waals surface area contributed by atoms with Gasteiger partial charge in [-0.2, -0.15) is 0 Å². The SMILES string of the molecule is c1ccc2c(c1)ccc1ccc3cc(-c4cc(-c5ccc6ccc7cccc8ccc5c6c78)c5oc6ccc7ccccc7c6c5c4)ccc3c12. The average Bonchev–Trinajstić information content (AvgIpc) is 3.58. The molecule has 1 heterocycles. The van der Waals surface area contributed by atoms with Crippen LogP contribution in [-0.4, -0.2) is 0 Å². The highest BCUT2D eigenvalue weighted by molar-refractivity contribution is 6.28. The smallest absolute Gasteiger partial charge is 0.143 e. The topological polar surface area (TPSA) is 13.1 Å². The summed E-state index contributed by atoms with van der Waals surface area (Å²) in [6.45, 7) is 0. The van der Waals surface area contributed by atoms with E-state index in [0.717, 1.165) is 22.1 Å².